The van der Waals surface area contributed by atoms with Crippen molar-refractivity contribution < 1.29 is 43.2 Å². The number of ether oxygens (including phenoxy) is 4. The number of nitrogens with zero attached hydrogens (tertiary/aromatic N) is 1. The maximum Gasteiger partial charge on any atom is 0.303 e. The van der Waals surface area contributed by atoms with Crippen LogP contribution in [-0.4, -0.2) is 68.9 Å². The minimum absolute atomic E-state index is 0.00303. The fourth-order valence-electron chi connectivity index (χ4n) is 4.87. The Balaban J connectivity index is 2.05. The van der Waals surface area contributed by atoms with Crippen molar-refractivity contribution in [3.05, 3.63) is 52.5 Å². The monoisotopic (exact) mass is 618 g/mol. The molecule has 12 heteroatoms. The van der Waals surface area contributed by atoms with E-state index < -0.39 is 41.4 Å². The third-order valence-electron chi connectivity index (χ3n) is 6.88. The smallest absolute Gasteiger partial charge is 0.303 e. The maximum absolute atomic E-state index is 14.2. The molecule has 3 rings (SSSR count). The SMILES string of the molecule is COc1cccc([C@H]2O[C@H](CC(=O)NCCCCC(=O)O)C(=O)N(CC(C)(C)COC(C)=O)c3ccc(Cl)cc32)c1OC. The third-order valence-corrected chi connectivity index (χ3v) is 7.12. The van der Waals surface area contributed by atoms with Gasteiger partial charge in [-0.2, -0.15) is 0 Å². The van der Waals surface area contributed by atoms with Crippen molar-refractivity contribution >= 4 is 41.0 Å². The third kappa shape index (κ3) is 9.08. The van der Waals surface area contributed by atoms with Crippen LogP contribution in [0.4, 0.5) is 5.69 Å². The summed E-state index contributed by atoms with van der Waals surface area (Å²) in [4.78, 5) is 51.1. The minimum atomic E-state index is -1.21. The summed E-state index contributed by atoms with van der Waals surface area (Å²) in [6, 6.07) is 10.4. The van der Waals surface area contributed by atoms with Crippen LogP contribution in [0.25, 0.3) is 0 Å². The van der Waals surface area contributed by atoms with E-state index in [4.69, 9.17) is 35.7 Å². The van der Waals surface area contributed by atoms with Gasteiger partial charge in [0.05, 0.1) is 27.2 Å². The zero-order valence-electron chi connectivity index (χ0n) is 25.1. The van der Waals surface area contributed by atoms with E-state index in [9.17, 15) is 19.2 Å². The van der Waals surface area contributed by atoms with Crippen molar-refractivity contribution in [3.63, 3.8) is 0 Å². The molecule has 2 aromatic rings. The Bertz CT molecular complexity index is 1330. The zero-order valence-corrected chi connectivity index (χ0v) is 25.9. The van der Waals surface area contributed by atoms with Crippen molar-refractivity contribution in [2.45, 2.75) is 58.7 Å². The van der Waals surface area contributed by atoms with Crippen molar-refractivity contribution in [3.8, 4) is 11.5 Å². The lowest BCUT2D eigenvalue weighted by Crippen LogP contribution is -2.47. The molecule has 2 amide bonds. The first-order valence-electron chi connectivity index (χ1n) is 14.0. The van der Waals surface area contributed by atoms with Crippen LogP contribution in [0.2, 0.25) is 5.02 Å². The fourth-order valence-corrected chi connectivity index (χ4v) is 5.05. The first-order valence-corrected chi connectivity index (χ1v) is 14.3. The van der Waals surface area contributed by atoms with Crippen LogP contribution in [-0.2, 0) is 28.7 Å². The largest absolute Gasteiger partial charge is 0.493 e. The number of carbonyl (C=O) groups excluding carboxylic acids is 3. The second-order valence-corrected chi connectivity index (χ2v) is 11.5. The summed E-state index contributed by atoms with van der Waals surface area (Å²) >= 11 is 6.47. The summed E-state index contributed by atoms with van der Waals surface area (Å²) in [5.74, 6) is -1.36. The Morgan fingerprint density at radius 1 is 1.09 bits per heavy atom. The average Bonchev–Trinajstić information content (AvgIpc) is 3.05. The first kappa shape index (κ1) is 33.7. The molecule has 11 nitrogen and oxygen atoms in total. The number of benzene rings is 2. The van der Waals surface area contributed by atoms with Crippen LogP contribution in [0.1, 0.15) is 63.7 Å². The molecule has 43 heavy (non-hydrogen) atoms. The fraction of sp³-hybridized carbons (Fsp3) is 0.484. The Morgan fingerprint density at radius 3 is 2.49 bits per heavy atom. The molecule has 0 unspecified atom stereocenters. The second kappa shape index (κ2) is 15.1. The van der Waals surface area contributed by atoms with Crippen molar-refractivity contribution in [1.29, 1.82) is 0 Å². The molecule has 0 saturated heterocycles. The lowest BCUT2D eigenvalue weighted by Gasteiger charge is -2.33. The molecule has 0 fully saturated rings. The number of amides is 2. The zero-order chi connectivity index (χ0) is 31.7. The van der Waals surface area contributed by atoms with Gasteiger partial charge in [0.25, 0.3) is 5.91 Å². The maximum atomic E-state index is 14.2. The van der Waals surface area contributed by atoms with Gasteiger partial charge in [-0.15, -0.1) is 0 Å². The number of esters is 1. The molecule has 1 aliphatic rings. The molecule has 0 spiro atoms. The highest BCUT2D eigenvalue weighted by atomic mass is 35.5. The number of para-hydroxylation sites is 1. The van der Waals surface area contributed by atoms with E-state index in [-0.39, 0.29) is 32.5 Å². The normalized spacial score (nSPS) is 16.6. The van der Waals surface area contributed by atoms with E-state index in [0.717, 1.165) is 0 Å². The lowest BCUT2D eigenvalue weighted by atomic mass is 9.92. The van der Waals surface area contributed by atoms with E-state index in [1.807, 2.05) is 13.8 Å². The highest BCUT2D eigenvalue weighted by Crippen LogP contribution is 2.45. The predicted molar refractivity (Wildman–Crippen MR) is 160 cm³/mol. The second-order valence-electron chi connectivity index (χ2n) is 11.1. The van der Waals surface area contributed by atoms with E-state index in [2.05, 4.69) is 5.32 Å². The Labute approximate surface area is 256 Å². The van der Waals surface area contributed by atoms with Crippen molar-refractivity contribution in [2.75, 3.05) is 38.8 Å². The molecule has 2 N–H and O–H groups in total. The van der Waals surface area contributed by atoms with Gasteiger partial charge in [-0.1, -0.05) is 37.6 Å². The summed E-state index contributed by atoms with van der Waals surface area (Å²) in [7, 11) is 3.02. The number of aliphatic carboxylic acids is 1. The van der Waals surface area contributed by atoms with Crippen LogP contribution in [0.5, 0.6) is 11.5 Å². The molecule has 0 bridgehead atoms. The molecule has 0 aromatic heterocycles. The molecule has 0 saturated carbocycles. The van der Waals surface area contributed by atoms with Crippen molar-refractivity contribution in [1.82, 2.24) is 5.32 Å². The number of anilines is 1. The molecule has 0 radical (unpaired) electrons. The highest BCUT2D eigenvalue weighted by molar-refractivity contribution is 6.30. The van der Waals surface area contributed by atoms with E-state index in [0.29, 0.717) is 46.2 Å². The molecule has 1 heterocycles. The number of fused-ring (bicyclic) bond motifs is 1. The summed E-state index contributed by atoms with van der Waals surface area (Å²) in [5, 5.41) is 12.0. The van der Waals surface area contributed by atoms with E-state index >= 15 is 0 Å². The number of rotatable bonds is 14. The van der Waals surface area contributed by atoms with Gasteiger partial charge in [0.1, 0.15) is 12.2 Å². The van der Waals surface area contributed by atoms with Crippen LogP contribution >= 0.6 is 11.6 Å². The first-order chi connectivity index (χ1) is 20.4. The standard InChI is InChI=1S/C31H39ClN2O9/c1-19(35)42-18-31(2,3)17-34-23-13-12-20(32)15-22(23)28(21-9-8-10-24(40-4)29(21)41-5)43-25(30(34)39)16-26(36)33-14-7-6-11-27(37)38/h8-10,12-13,15,25,28H,6-7,11,14,16-18H2,1-5H3,(H,33,36)(H,37,38)/t25-,28-/m1/s1. The molecule has 0 aliphatic carbocycles. The molecule has 2 atom stereocenters. The Kier molecular flexibility index (Phi) is 11.8. The molecule has 1 aliphatic heterocycles. The quantitative estimate of drug-likeness (QED) is 0.231. The summed E-state index contributed by atoms with van der Waals surface area (Å²) in [6.07, 6.45) is -1.49. The van der Waals surface area contributed by atoms with Gasteiger partial charge in [0, 0.05) is 53.7 Å². The number of unbranched alkanes of at least 4 members (excludes halogenated alkanes) is 1. The van der Waals surface area contributed by atoms with Crippen LogP contribution in [0.3, 0.4) is 0 Å². The van der Waals surface area contributed by atoms with Crippen LogP contribution in [0, 0.1) is 5.41 Å². The minimum Gasteiger partial charge on any atom is -0.493 e. The van der Waals surface area contributed by atoms with Gasteiger partial charge >= 0.3 is 11.9 Å². The van der Waals surface area contributed by atoms with Gasteiger partial charge in [0.15, 0.2) is 11.5 Å². The van der Waals surface area contributed by atoms with E-state index in [1.54, 1.807) is 41.3 Å². The molecular formula is C31H39ClN2O9. The van der Waals surface area contributed by atoms with Gasteiger partial charge < -0.3 is 34.3 Å². The molecule has 2 aromatic carbocycles. The lowest BCUT2D eigenvalue weighted by molar-refractivity contribution is -0.144. The van der Waals surface area contributed by atoms with E-state index in [1.165, 1.54) is 21.1 Å². The number of carboxylic acids is 1. The number of carbonyl (C=O) groups is 4. The Morgan fingerprint density at radius 2 is 1.84 bits per heavy atom. The molecule has 234 valence electrons. The van der Waals surface area contributed by atoms with Gasteiger partial charge in [0.2, 0.25) is 5.91 Å². The number of hydrogen-bond acceptors (Lipinski definition) is 8. The average molecular weight is 619 g/mol. The number of carboxylic acid groups (broad SMARTS) is 1. The highest BCUT2D eigenvalue weighted by Gasteiger charge is 2.41. The van der Waals surface area contributed by atoms with Gasteiger partial charge in [-0.05, 0) is 37.1 Å². The van der Waals surface area contributed by atoms with Crippen LogP contribution in [0.15, 0.2) is 36.4 Å². The predicted octanol–water partition coefficient (Wildman–Crippen LogP) is 4.53. The number of nitrogens with one attached hydrogen (secondary N) is 1. The number of methoxy groups -OCH3 is 2. The summed E-state index contributed by atoms with van der Waals surface area (Å²) in [6.45, 7) is 5.52. The van der Waals surface area contributed by atoms with Crippen molar-refractivity contribution in [2.24, 2.45) is 5.41 Å². The summed E-state index contributed by atoms with van der Waals surface area (Å²) < 4.78 is 23.0. The van der Waals surface area contributed by atoms with Gasteiger partial charge in [-0.3, -0.25) is 19.2 Å². The summed E-state index contributed by atoms with van der Waals surface area (Å²) in [5.41, 5.74) is 1.00. The topological polar surface area (TPSA) is 141 Å². The van der Waals surface area contributed by atoms with Gasteiger partial charge in [-0.25, -0.2) is 0 Å². The Hall–Kier alpha value is -3.83. The van der Waals surface area contributed by atoms with Crippen LogP contribution < -0.4 is 19.7 Å². The number of halogens is 1. The number of hydrogen-bond donors (Lipinski definition) is 2. The molecular weight excluding hydrogens is 580 g/mol.